The standard InChI is InChI=1S/C11H13F3O2/c12-11(13)7-1-6-2-8(11)5-10(3-6,4-7)9(15)16-14/h6-8H,1-5H2. The van der Waals surface area contributed by atoms with Crippen LogP contribution in [0, 0.1) is 23.2 Å². The molecule has 4 saturated carbocycles. The fraction of sp³-hybridized carbons (Fsp3) is 0.909. The molecule has 0 saturated heterocycles. The summed E-state index contributed by atoms with van der Waals surface area (Å²) in [5, 5.41) is 0. The summed E-state index contributed by atoms with van der Waals surface area (Å²) in [4.78, 5) is 14.8. The first kappa shape index (κ1) is 10.4. The lowest BCUT2D eigenvalue weighted by Crippen LogP contribution is -2.59. The summed E-state index contributed by atoms with van der Waals surface area (Å²) in [7, 11) is 0. The minimum Gasteiger partial charge on any atom is -0.254 e. The van der Waals surface area contributed by atoms with Crippen molar-refractivity contribution in [3.05, 3.63) is 0 Å². The van der Waals surface area contributed by atoms with Crippen molar-refractivity contribution in [3.63, 3.8) is 0 Å². The number of carbonyl (C=O) groups is 1. The van der Waals surface area contributed by atoms with Gasteiger partial charge in [0.2, 0.25) is 0 Å². The van der Waals surface area contributed by atoms with Gasteiger partial charge in [-0.2, -0.15) is 0 Å². The molecule has 4 rings (SSSR count). The number of hydrogen-bond acceptors (Lipinski definition) is 2. The van der Waals surface area contributed by atoms with Gasteiger partial charge in [-0.15, -0.1) is 0 Å². The van der Waals surface area contributed by atoms with Gasteiger partial charge in [0.15, 0.2) is 0 Å². The van der Waals surface area contributed by atoms with Crippen molar-refractivity contribution in [2.24, 2.45) is 23.2 Å². The van der Waals surface area contributed by atoms with E-state index < -0.39 is 29.1 Å². The number of hydrogen-bond donors (Lipinski definition) is 0. The third-order valence-corrected chi connectivity index (χ3v) is 4.78. The molecule has 4 bridgehead atoms. The van der Waals surface area contributed by atoms with Gasteiger partial charge in [-0.3, -0.25) is 4.94 Å². The van der Waals surface area contributed by atoms with E-state index >= 15 is 0 Å². The summed E-state index contributed by atoms with van der Waals surface area (Å²) in [6.07, 6.45) is 1.67. The highest BCUT2D eigenvalue weighted by atomic mass is 19.3. The summed E-state index contributed by atoms with van der Waals surface area (Å²) in [6.45, 7) is 0. The molecule has 0 heterocycles. The normalized spacial score (nSPS) is 48.1. The van der Waals surface area contributed by atoms with E-state index in [9.17, 15) is 18.1 Å². The Bertz CT molecular complexity index is 324. The van der Waals surface area contributed by atoms with Crippen LogP contribution in [-0.2, 0) is 9.74 Å². The Balaban J connectivity index is 1.96. The fourth-order valence-electron chi connectivity index (χ4n) is 4.23. The van der Waals surface area contributed by atoms with Gasteiger partial charge in [-0.1, -0.05) is 0 Å². The van der Waals surface area contributed by atoms with E-state index in [0.717, 1.165) is 0 Å². The summed E-state index contributed by atoms with van der Waals surface area (Å²) in [6, 6.07) is 0. The molecule has 2 unspecified atom stereocenters. The molecule has 0 aromatic rings. The zero-order chi connectivity index (χ0) is 11.6. The van der Waals surface area contributed by atoms with Crippen LogP contribution in [0.5, 0.6) is 0 Å². The lowest BCUT2D eigenvalue weighted by atomic mass is 9.48. The van der Waals surface area contributed by atoms with E-state index in [-0.39, 0.29) is 18.8 Å². The minimum atomic E-state index is -2.67. The molecule has 0 N–H and O–H groups in total. The van der Waals surface area contributed by atoms with Crippen LogP contribution in [-0.4, -0.2) is 11.9 Å². The van der Waals surface area contributed by atoms with Crippen molar-refractivity contribution in [2.75, 3.05) is 0 Å². The molecular formula is C11H13F3O2. The average Bonchev–Trinajstić information content (AvgIpc) is 2.24. The van der Waals surface area contributed by atoms with Crippen LogP contribution in [0.3, 0.4) is 0 Å². The van der Waals surface area contributed by atoms with Crippen molar-refractivity contribution in [2.45, 2.75) is 38.0 Å². The largest absolute Gasteiger partial charge is 0.354 e. The molecule has 16 heavy (non-hydrogen) atoms. The fourth-order valence-corrected chi connectivity index (χ4v) is 4.23. The Morgan fingerprint density at radius 2 is 1.69 bits per heavy atom. The predicted molar refractivity (Wildman–Crippen MR) is 48.1 cm³/mol. The zero-order valence-electron chi connectivity index (χ0n) is 8.72. The Morgan fingerprint density at radius 1 is 1.12 bits per heavy atom. The first-order valence-electron chi connectivity index (χ1n) is 5.69. The zero-order valence-corrected chi connectivity index (χ0v) is 8.72. The smallest absolute Gasteiger partial charge is 0.254 e. The van der Waals surface area contributed by atoms with Crippen LogP contribution < -0.4 is 0 Å². The molecule has 0 aromatic carbocycles. The molecule has 0 amide bonds. The molecule has 2 nitrogen and oxygen atoms in total. The van der Waals surface area contributed by atoms with Crippen molar-refractivity contribution >= 4 is 5.97 Å². The second kappa shape index (κ2) is 2.93. The SMILES string of the molecule is O=C(OF)C12CC3CC(C1)C(F)(F)C(C3)C2. The molecule has 5 heteroatoms. The molecule has 4 aliphatic rings. The van der Waals surface area contributed by atoms with E-state index in [0.29, 0.717) is 19.3 Å². The summed E-state index contributed by atoms with van der Waals surface area (Å²) in [5.74, 6) is -4.95. The molecule has 0 aromatic heterocycles. The summed E-state index contributed by atoms with van der Waals surface area (Å²) >= 11 is 0. The molecule has 2 atom stereocenters. The van der Waals surface area contributed by atoms with Crippen LogP contribution >= 0.6 is 0 Å². The minimum absolute atomic E-state index is 0.0930. The van der Waals surface area contributed by atoms with Crippen LogP contribution in [0.15, 0.2) is 0 Å². The highest BCUT2D eigenvalue weighted by Crippen LogP contribution is 2.65. The lowest BCUT2D eigenvalue weighted by Gasteiger charge is -2.57. The van der Waals surface area contributed by atoms with Gasteiger partial charge in [0.25, 0.3) is 5.92 Å². The van der Waals surface area contributed by atoms with Gasteiger partial charge in [0.05, 0.1) is 5.41 Å². The van der Waals surface area contributed by atoms with Gasteiger partial charge in [0.1, 0.15) is 0 Å². The van der Waals surface area contributed by atoms with Crippen LogP contribution in [0.25, 0.3) is 0 Å². The van der Waals surface area contributed by atoms with Crippen molar-refractivity contribution in [1.82, 2.24) is 0 Å². The van der Waals surface area contributed by atoms with Crippen molar-refractivity contribution in [3.8, 4) is 0 Å². The molecule has 90 valence electrons. The first-order chi connectivity index (χ1) is 7.48. The van der Waals surface area contributed by atoms with Gasteiger partial charge in [-0.05, 0) is 38.0 Å². The third kappa shape index (κ3) is 1.12. The average molecular weight is 234 g/mol. The summed E-state index contributed by atoms with van der Waals surface area (Å²) in [5.41, 5.74) is -0.951. The van der Waals surface area contributed by atoms with Crippen molar-refractivity contribution < 1.29 is 23.0 Å². The van der Waals surface area contributed by atoms with Crippen LogP contribution in [0.2, 0.25) is 0 Å². The van der Waals surface area contributed by atoms with Crippen molar-refractivity contribution in [1.29, 1.82) is 0 Å². The molecule has 0 spiro atoms. The molecule has 0 radical (unpaired) electrons. The van der Waals surface area contributed by atoms with Gasteiger partial charge in [-0.25, -0.2) is 13.6 Å². The van der Waals surface area contributed by atoms with E-state index in [2.05, 4.69) is 4.94 Å². The van der Waals surface area contributed by atoms with E-state index in [1.54, 1.807) is 0 Å². The maximum absolute atomic E-state index is 13.8. The highest BCUT2D eigenvalue weighted by Gasteiger charge is 2.66. The molecule has 4 fully saturated rings. The van der Waals surface area contributed by atoms with E-state index in [1.807, 2.05) is 0 Å². The number of halogens is 3. The number of carbonyl (C=O) groups excluding carboxylic acids is 1. The van der Waals surface area contributed by atoms with Gasteiger partial charge >= 0.3 is 5.97 Å². The number of alkyl halides is 2. The topological polar surface area (TPSA) is 26.3 Å². The quantitative estimate of drug-likeness (QED) is 0.697. The second-order valence-electron chi connectivity index (χ2n) is 5.66. The number of rotatable bonds is 1. The highest BCUT2D eigenvalue weighted by molar-refractivity contribution is 5.77. The monoisotopic (exact) mass is 234 g/mol. The third-order valence-electron chi connectivity index (χ3n) is 4.78. The van der Waals surface area contributed by atoms with Gasteiger partial charge in [0, 0.05) is 16.4 Å². The maximum Gasteiger partial charge on any atom is 0.354 e. The first-order valence-corrected chi connectivity index (χ1v) is 5.69. The molecule has 0 aliphatic heterocycles. The Morgan fingerprint density at radius 3 is 2.19 bits per heavy atom. The Hall–Kier alpha value is -0.740. The summed E-state index contributed by atoms with van der Waals surface area (Å²) < 4.78 is 39.7. The van der Waals surface area contributed by atoms with Crippen LogP contribution in [0.1, 0.15) is 32.1 Å². The predicted octanol–water partition coefficient (Wildman–Crippen LogP) is 2.88. The Labute approximate surface area is 91.0 Å². The van der Waals surface area contributed by atoms with E-state index in [4.69, 9.17) is 0 Å². The molecule has 4 aliphatic carbocycles. The van der Waals surface area contributed by atoms with E-state index in [1.165, 1.54) is 0 Å². The Kier molecular flexibility index (Phi) is 1.91. The van der Waals surface area contributed by atoms with Crippen LogP contribution in [0.4, 0.5) is 13.3 Å². The van der Waals surface area contributed by atoms with Gasteiger partial charge < -0.3 is 0 Å². The molecular weight excluding hydrogens is 221 g/mol. The maximum atomic E-state index is 13.8. The second-order valence-corrected chi connectivity index (χ2v) is 5.66. The lowest BCUT2D eigenvalue weighted by molar-refractivity contribution is -0.247.